The van der Waals surface area contributed by atoms with Crippen LogP contribution in [0, 0.1) is 23.2 Å². The largest absolute Gasteiger partial charge is 0.0882 e. The van der Waals surface area contributed by atoms with Crippen molar-refractivity contribution in [3.05, 3.63) is 11.6 Å². The first-order valence-electron chi connectivity index (χ1n) is 7.09. The summed E-state index contributed by atoms with van der Waals surface area (Å²) in [6.07, 6.45) is 7.88. The van der Waals surface area contributed by atoms with Crippen LogP contribution in [0.2, 0.25) is 0 Å². The van der Waals surface area contributed by atoms with Crippen molar-refractivity contribution < 1.29 is 0 Å². The predicted molar refractivity (Wildman–Crippen MR) is 73.5 cm³/mol. The Labute approximate surface area is 103 Å². The molecule has 0 aliphatic heterocycles. The van der Waals surface area contributed by atoms with Gasteiger partial charge in [0.2, 0.25) is 0 Å². The molecule has 0 spiro atoms. The van der Waals surface area contributed by atoms with E-state index in [-0.39, 0.29) is 0 Å². The zero-order chi connectivity index (χ0) is 12.3. The highest BCUT2D eigenvalue weighted by atomic mass is 14.5. The van der Waals surface area contributed by atoms with Gasteiger partial charge in [-0.25, -0.2) is 0 Å². The molecule has 4 atom stereocenters. The average molecular weight is 222 g/mol. The van der Waals surface area contributed by atoms with E-state index < -0.39 is 0 Å². The normalized spacial score (nSPS) is 31.0. The van der Waals surface area contributed by atoms with E-state index in [1.165, 1.54) is 25.7 Å². The van der Waals surface area contributed by atoms with Gasteiger partial charge in [-0.1, -0.05) is 45.8 Å². The molecule has 4 unspecified atom stereocenters. The molecular weight excluding hydrogens is 192 g/mol. The molecule has 1 saturated carbocycles. The predicted octanol–water partition coefficient (Wildman–Crippen LogP) is 5.44. The maximum Gasteiger partial charge on any atom is -0.00883 e. The summed E-state index contributed by atoms with van der Waals surface area (Å²) in [5.74, 6) is 2.79. The second-order valence-corrected chi connectivity index (χ2v) is 6.26. The lowest BCUT2D eigenvalue weighted by Gasteiger charge is -2.33. The summed E-state index contributed by atoms with van der Waals surface area (Å²) < 4.78 is 0. The van der Waals surface area contributed by atoms with Crippen LogP contribution in [0.25, 0.3) is 0 Å². The van der Waals surface area contributed by atoms with E-state index in [4.69, 9.17) is 0 Å². The zero-order valence-corrected chi connectivity index (χ0v) is 12.1. The fourth-order valence-electron chi connectivity index (χ4n) is 2.97. The molecule has 94 valence electrons. The standard InChI is InChI=1S/C16H30/c1-7-12(3)9-10-16(6,14(5)8-2)15-11-13(15)4/h8,12-13,15H,7,9-11H2,1-6H3. The highest BCUT2D eigenvalue weighted by molar-refractivity contribution is 5.16. The lowest BCUT2D eigenvalue weighted by atomic mass is 9.72. The number of hydrogen-bond acceptors (Lipinski definition) is 0. The number of allylic oxidation sites excluding steroid dienone is 2. The molecule has 1 aliphatic carbocycles. The van der Waals surface area contributed by atoms with Crippen LogP contribution in [0.1, 0.15) is 67.2 Å². The minimum absolute atomic E-state index is 0.484. The van der Waals surface area contributed by atoms with Crippen LogP contribution in [0.15, 0.2) is 11.6 Å². The molecule has 0 bridgehead atoms. The highest BCUT2D eigenvalue weighted by Crippen LogP contribution is 2.56. The molecule has 0 N–H and O–H groups in total. The second kappa shape index (κ2) is 5.38. The van der Waals surface area contributed by atoms with Gasteiger partial charge in [-0.15, -0.1) is 0 Å². The molecule has 0 amide bonds. The van der Waals surface area contributed by atoms with Gasteiger partial charge in [-0.2, -0.15) is 0 Å². The topological polar surface area (TPSA) is 0 Å². The third-order valence-electron chi connectivity index (χ3n) is 5.12. The Morgan fingerprint density at radius 1 is 1.50 bits per heavy atom. The van der Waals surface area contributed by atoms with Crippen molar-refractivity contribution in [2.45, 2.75) is 67.2 Å². The molecule has 1 fully saturated rings. The summed E-state index contributed by atoms with van der Waals surface area (Å²) in [5, 5.41) is 0. The van der Waals surface area contributed by atoms with Crippen LogP contribution in [-0.2, 0) is 0 Å². The third kappa shape index (κ3) is 2.90. The molecule has 0 aromatic heterocycles. The van der Waals surface area contributed by atoms with E-state index in [9.17, 15) is 0 Å². The van der Waals surface area contributed by atoms with E-state index in [0.29, 0.717) is 5.41 Å². The van der Waals surface area contributed by atoms with Crippen molar-refractivity contribution in [2.75, 3.05) is 0 Å². The number of rotatable bonds is 6. The Morgan fingerprint density at radius 3 is 2.44 bits per heavy atom. The second-order valence-electron chi connectivity index (χ2n) is 6.26. The number of hydrogen-bond donors (Lipinski definition) is 0. The Morgan fingerprint density at radius 2 is 2.06 bits per heavy atom. The van der Waals surface area contributed by atoms with Gasteiger partial charge in [-0.3, -0.25) is 0 Å². The van der Waals surface area contributed by atoms with Crippen molar-refractivity contribution in [1.29, 1.82) is 0 Å². The lowest BCUT2D eigenvalue weighted by Crippen LogP contribution is -2.22. The van der Waals surface area contributed by atoms with Gasteiger partial charge in [0.05, 0.1) is 0 Å². The van der Waals surface area contributed by atoms with Gasteiger partial charge in [0.15, 0.2) is 0 Å². The van der Waals surface area contributed by atoms with Crippen molar-refractivity contribution in [2.24, 2.45) is 23.2 Å². The molecule has 0 nitrogen and oxygen atoms in total. The molecule has 0 aromatic rings. The minimum Gasteiger partial charge on any atom is -0.0882 e. The first-order valence-corrected chi connectivity index (χ1v) is 7.09. The van der Waals surface area contributed by atoms with E-state index in [0.717, 1.165) is 17.8 Å². The highest BCUT2D eigenvalue weighted by Gasteiger charge is 2.47. The SMILES string of the molecule is CC=C(C)C(C)(CCC(C)CC)C1CC1C. The fourth-order valence-corrected chi connectivity index (χ4v) is 2.97. The van der Waals surface area contributed by atoms with Crippen molar-refractivity contribution in [3.63, 3.8) is 0 Å². The van der Waals surface area contributed by atoms with Crippen LogP contribution >= 0.6 is 0 Å². The van der Waals surface area contributed by atoms with E-state index >= 15 is 0 Å². The summed E-state index contributed by atoms with van der Waals surface area (Å²) >= 11 is 0. The molecule has 0 saturated heterocycles. The Bertz CT molecular complexity index is 251. The Balaban J connectivity index is 2.65. The maximum absolute atomic E-state index is 2.50. The van der Waals surface area contributed by atoms with Gasteiger partial charge < -0.3 is 0 Å². The summed E-state index contributed by atoms with van der Waals surface area (Å²) in [6, 6.07) is 0. The van der Waals surface area contributed by atoms with Crippen LogP contribution in [0.5, 0.6) is 0 Å². The average Bonchev–Trinajstić information content (AvgIpc) is 3.02. The molecule has 1 rings (SSSR count). The zero-order valence-electron chi connectivity index (χ0n) is 12.1. The molecule has 16 heavy (non-hydrogen) atoms. The lowest BCUT2D eigenvalue weighted by molar-refractivity contribution is 0.267. The van der Waals surface area contributed by atoms with Gasteiger partial charge in [0.25, 0.3) is 0 Å². The molecule has 0 aromatic carbocycles. The van der Waals surface area contributed by atoms with Gasteiger partial charge in [0.1, 0.15) is 0 Å². The van der Waals surface area contributed by atoms with Gasteiger partial charge in [-0.05, 0) is 56.3 Å². The summed E-state index contributed by atoms with van der Waals surface area (Å²) in [5.41, 5.74) is 2.10. The quantitative estimate of drug-likeness (QED) is 0.525. The van der Waals surface area contributed by atoms with Crippen molar-refractivity contribution >= 4 is 0 Å². The summed E-state index contributed by atoms with van der Waals surface area (Å²) in [6.45, 7) is 14.1. The molecule has 0 heterocycles. The van der Waals surface area contributed by atoms with E-state index in [1.807, 2.05) is 0 Å². The Hall–Kier alpha value is -0.260. The fraction of sp³-hybridized carbons (Fsp3) is 0.875. The van der Waals surface area contributed by atoms with Crippen LogP contribution in [-0.4, -0.2) is 0 Å². The molecule has 1 aliphatic rings. The van der Waals surface area contributed by atoms with Crippen molar-refractivity contribution in [3.8, 4) is 0 Å². The maximum atomic E-state index is 2.50. The van der Waals surface area contributed by atoms with Crippen molar-refractivity contribution in [1.82, 2.24) is 0 Å². The smallest absolute Gasteiger partial charge is 0.00883 e. The summed E-state index contributed by atoms with van der Waals surface area (Å²) in [4.78, 5) is 0. The monoisotopic (exact) mass is 222 g/mol. The summed E-state index contributed by atoms with van der Waals surface area (Å²) in [7, 11) is 0. The van der Waals surface area contributed by atoms with Gasteiger partial charge in [0, 0.05) is 0 Å². The molecule has 0 radical (unpaired) electrons. The molecule has 0 heteroatoms. The van der Waals surface area contributed by atoms with Crippen LogP contribution in [0.4, 0.5) is 0 Å². The first-order chi connectivity index (χ1) is 7.45. The van der Waals surface area contributed by atoms with E-state index in [2.05, 4.69) is 47.6 Å². The van der Waals surface area contributed by atoms with E-state index in [1.54, 1.807) is 5.57 Å². The van der Waals surface area contributed by atoms with Crippen LogP contribution < -0.4 is 0 Å². The Kier molecular flexibility index (Phi) is 4.64. The minimum atomic E-state index is 0.484. The van der Waals surface area contributed by atoms with Crippen LogP contribution in [0.3, 0.4) is 0 Å². The van der Waals surface area contributed by atoms with Gasteiger partial charge >= 0.3 is 0 Å². The first kappa shape index (κ1) is 13.8. The third-order valence-corrected chi connectivity index (χ3v) is 5.12. The molecular formula is C16H30.